The largest absolute Gasteiger partial charge is 0.480 e. The van der Waals surface area contributed by atoms with Gasteiger partial charge in [-0.15, -0.1) is 11.3 Å². The minimum Gasteiger partial charge on any atom is -0.480 e. The molecule has 0 aliphatic carbocycles. The summed E-state index contributed by atoms with van der Waals surface area (Å²) in [4.78, 5) is 21.4. The number of aromatic nitrogens is 1. The molecule has 1 aliphatic rings. The number of carbonyl (C=O) groups is 1. The van der Waals surface area contributed by atoms with Crippen LogP contribution in [0.15, 0.2) is 30.5 Å². The average Bonchev–Trinajstić information content (AvgIpc) is 3.15. The molecule has 0 amide bonds. The Morgan fingerprint density at radius 2 is 2.17 bits per heavy atom. The first-order valence-corrected chi connectivity index (χ1v) is 8.91. The minimum atomic E-state index is -0.733. The van der Waals surface area contributed by atoms with Crippen LogP contribution in [0.3, 0.4) is 0 Å². The predicted octanol–water partition coefficient (Wildman–Crippen LogP) is 2.71. The van der Waals surface area contributed by atoms with Crippen molar-refractivity contribution in [2.24, 2.45) is 0 Å². The average molecular weight is 345 g/mol. The Kier molecular flexibility index (Phi) is 4.99. The molecule has 2 atom stereocenters. The van der Waals surface area contributed by atoms with Crippen LogP contribution in [0.25, 0.3) is 10.6 Å². The number of carboxylic acid groups (broad SMARTS) is 1. The van der Waals surface area contributed by atoms with Gasteiger partial charge in [0.25, 0.3) is 0 Å². The van der Waals surface area contributed by atoms with Crippen molar-refractivity contribution in [1.82, 2.24) is 14.8 Å². The molecule has 2 heterocycles. The summed E-state index contributed by atoms with van der Waals surface area (Å²) >= 11 is 1.65. The van der Waals surface area contributed by atoms with Crippen LogP contribution in [0.2, 0.25) is 0 Å². The third-order valence-electron chi connectivity index (χ3n) is 4.68. The van der Waals surface area contributed by atoms with Gasteiger partial charge < -0.3 is 10.0 Å². The van der Waals surface area contributed by atoms with Gasteiger partial charge in [-0.3, -0.25) is 9.69 Å². The number of benzene rings is 1. The lowest BCUT2D eigenvalue weighted by molar-refractivity contribution is -0.142. The lowest BCUT2D eigenvalue weighted by atomic mass is 10.1. The number of likely N-dealkylation sites (tertiary alicyclic amines) is 1. The van der Waals surface area contributed by atoms with Crippen LogP contribution in [-0.4, -0.2) is 58.6 Å². The second-order valence-corrected chi connectivity index (χ2v) is 7.70. The van der Waals surface area contributed by atoms with E-state index < -0.39 is 12.0 Å². The first kappa shape index (κ1) is 17.1. The molecule has 0 bridgehead atoms. The first-order valence-electron chi connectivity index (χ1n) is 8.09. The van der Waals surface area contributed by atoms with Crippen molar-refractivity contribution in [2.75, 3.05) is 20.6 Å². The van der Waals surface area contributed by atoms with Crippen LogP contribution >= 0.6 is 11.3 Å². The number of carboxylic acids is 1. The normalized spacial score (nSPS) is 21.5. The fourth-order valence-corrected chi connectivity index (χ4v) is 4.23. The standard InChI is InChI=1S/C18H23N3O2S/c1-12-6-4-5-7-15(12)17-19-9-14(24-17)11-21-10-13(20(2)3)8-16(21)18(22)23/h4-7,9,13,16H,8,10-11H2,1-3H3,(H,22,23)/t13-,16+/m1/s1. The SMILES string of the molecule is Cc1ccccc1-c1ncc(CN2C[C@H](N(C)C)C[C@H]2C(=O)O)s1. The van der Waals surface area contributed by atoms with E-state index in [1.807, 2.05) is 32.4 Å². The molecule has 1 saturated heterocycles. The third kappa shape index (κ3) is 3.50. The molecule has 0 unspecified atom stereocenters. The number of nitrogens with zero attached hydrogens (tertiary/aromatic N) is 3. The molecule has 1 N–H and O–H groups in total. The Hall–Kier alpha value is -1.76. The maximum atomic E-state index is 11.6. The van der Waals surface area contributed by atoms with Gasteiger partial charge in [0.1, 0.15) is 11.0 Å². The topological polar surface area (TPSA) is 56.7 Å². The zero-order valence-electron chi connectivity index (χ0n) is 14.3. The maximum absolute atomic E-state index is 11.6. The summed E-state index contributed by atoms with van der Waals surface area (Å²) in [5, 5.41) is 10.5. The van der Waals surface area contributed by atoms with Crippen LogP contribution in [0, 0.1) is 6.92 Å². The van der Waals surface area contributed by atoms with Gasteiger partial charge in [0.2, 0.25) is 0 Å². The van der Waals surface area contributed by atoms with Gasteiger partial charge in [-0.2, -0.15) is 0 Å². The van der Waals surface area contributed by atoms with Gasteiger partial charge in [-0.05, 0) is 33.0 Å². The summed E-state index contributed by atoms with van der Waals surface area (Å²) in [6.07, 6.45) is 2.56. The Bertz CT molecular complexity index is 729. The van der Waals surface area contributed by atoms with E-state index in [1.54, 1.807) is 11.3 Å². The lowest BCUT2D eigenvalue weighted by Crippen LogP contribution is -2.35. The number of likely N-dealkylation sites (N-methyl/N-ethyl adjacent to an activating group) is 1. The second-order valence-electron chi connectivity index (χ2n) is 6.58. The number of rotatable bonds is 5. The van der Waals surface area contributed by atoms with E-state index in [1.165, 1.54) is 5.56 Å². The second kappa shape index (κ2) is 7.01. The number of aryl methyl sites for hydroxylation is 1. The molecule has 1 aromatic heterocycles. The molecule has 128 valence electrons. The Balaban J connectivity index is 1.76. The summed E-state index contributed by atoms with van der Waals surface area (Å²) in [7, 11) is 4.02. The van der Waals surface area contributed by atoms with Gasteiger partial charge in [0, 0.05) is 35.8 Å². The Morgan fingerprint density at radius 1 is 1.42 bits per heavy atom. The third-order valence-corrected chi connectivity index (χ3v) is 5.70. The van der Waals surface area contributed by atoms with Crippen LogP contribution in [0.5, 0.6) is 0 Å². The molecule has 6 heteroatoms. The molecule has 0 saturated carbocycles. The van der Waals surface area contributed by atoms with Crippen LogP contribution in [0.1, 0.15) is 16.9 Å². The highest BCUT2D eigenvalue weighted by Gasteiger charge is 2.37. The molecule has 3 rings (SSSR count). The summed E-state index contributed by atoms with van der Waals surface area (Å²) in [5.41, 5.74) is 2.35. The van der Waals surface area contributed by atoms with Crippen molar-refractivity contribution in [3.8, 4) is 10.6 Å². The highest BCUT2D eigenvalue weighted by Crippen LogP contribution is 2.30. The van der Waals surface area contributed by atoms with Crippen molar-refractivity contribution in [3.05, 3.63) is 40.9 Å². The van der Waals surface area contributed by atoms with E-state index in [0.29, 0.717) is 13.0 Å². The van der Waals surface area contributed by atoms with E-state index in [-0.39, 0.29) is 6.04 Å². The summed E-state index contributed by atoms with van der Waals surface area (Å²) in [6.45, 7) is 3.51. The smallest absolute Gasteiger partial charge is 0.320 e. The van der Waals surface area contributed by atoms with E-state index in [4.69, 9.17) is 0 Å². The van der Waals surface area contributed by atoms with E-state index in [2.05, 4.69) is 33.8 Å². The van der Waals surface area contributed by atoms with Crippen molar-refractivity contribution < 1.29 is 9.90 Å². The van der Waals surface area contributed by atoms with Crippen LogP contribution < -0.4 is 0 Å². The summed E-state index contributed by atoms with van der Waals surface area (Å²) in [6, 6.07) is 8.08. The van der Waals surface area contributed by atoms with E-state index >= 15 is 0 Å². The van der Waals surface area contributed by atoms with Crippen molar-refractivity contribution >= 4 is 17.3 Å². The zero-order chi connectivity index (χ0) is 17.3. The molecule has 1 aliphatic heterocycles. The van der Waals surface area contributed by atoms with Gasteiger partial charge in [-0.25, -0.2) is 4.98 Å². The monoisotopic (exact) mass is 345 g/mol. The first-order chi connectivity index (χ1) is 11.5. The minimum absolute atomic E-state index is 0.287. The van der Waals surface area contributed by atoms with Crippen molar-refractivity contribution in [1.29, 1.82) is 0 Å². The highest BCUT2D eigenvalue weighted by molar-refractivity contribution is 7.15. The Morgan fingerprint density at radius 3 is 2.83 bits per heavy atom. The number of thiazole rings is 1. The number of hydrogen-bond acceptors (Lipinski definition) is 5. The zero-order valence-corrected chi connectivity index (χ0v) is 15.1. The highest BCUT2D eigenvalue weighted by atomic mass is 32.1. The number of hydrogen-bond donors (Lipinski definition) is 1. The van der Waals surface area contributed by atoms with Crippen molar-refractivity contribution in [3.63, 3.8) is 0 Å². The summed E-state index contributed by atoms with van der Waals surface area (Å²) < 4.78 is 0. The number of aliphatic carboxylic acids is 1. The quantitative estimate of drug-likeness (QED) is 0.903. The van der Waals surface area contributed by atoms with Gasteiger partial charge in [0.15, 0.2) is 0 Å². The molecule has 24 heavy (non-hydrogen) atoms. The van der Waals surface area contributed by atoms with Crippen LogP contribution in [0.4, 0.5) is 0 Å². The lowest BCUT2D eigenvalue weighted by Gasteiger charge is -2.20. The fraction of sp³-hybridized carbons (Fsp3) is 0.444. The molecule has 5 nitrogen and oxygen atoms in total. The maximum Gasteiger partial charge on any atom is 0.320 e. The van der Waals surface area contributed by atoms with Gasteiger partial charge in [0.05, 0.1) is 0 Å². The van der Waals surface area contributed by atoms with Crippen LogP contribution in [-0.2, 0) is 11.3 Å². The molecule has 2 aromatic rings. The molecular formula is C18H23N3O2S. The molecule has 1 fully saturated rings. The Labute approximate surface area is 146 Å². The molecule has 0 spiro atoms. The predicted molar refractivity (Wildman–Crippen MR) is 96.2 cm³/mol. The molecule has 1 aromatic carbocycles. The van der Waals surface area contributed by atoms with Gasteiger partial charge in [-0.1, -0.05) is 24.3 Å². The van der Waals surface area contributed by atoms with E-state index in [0.717, 1.165) is 22.0 Å². The fourth-order valence-electron chi connectivity index (χ4n) is 3.20. The summed E-state index contributed by atoms with van der Waals surface area (Å²) in [5.74, 6) is -0.733. The van der Waals surface area contributed by atoms with Gasteiger partial charge >= 0.3 is 5.97 Å². The van der Waals surface area contributed by atoms with E-state index in [9.17, 15) is 9.90 Å². The van der Waals surface area contributed by atoms with Crippen molar-refractivity contribution in [2.45, 2.75) is 32.0 Å². The molecular weight excluding hydrogens is 322 g/mol. The molecule has 0 radical (unpaired) electrons.